The van der Waals surface area contributed by atoms with Crippen LogP contribution >= 0.6 is 0 Å². The van der Waals surface area contributed by atoms with Crippen LogP contribution in [0.4, 0.5) is 4.79 Å². The van der Waals surface area contributed by atoms with Gasteiger partial charge in [-0.2, -0.15) is 0 Å². The highest BCUT2D eigenvalue weighted by molar-refractivity contribution is 5.82. The quantitative estimate of drug-likeness (QED) is 0.456. The number of ether oxygens (including phenoxy) is 2. The average Bonchev–Trinajstić information content (AvgIpc) is 3.11. The molecule has 0 saturated heterocycles. The van der Waals surface area contributed by atoms with Gasteiger partial charge in [0.15, 0.2) is 0 Å². The van der Waals surface area contributed by atoms with Crippen molar-refractivity contribution in [2.75, 3.05) is 0 Å². The summed E-state index contributed by atoms with van der Waals surface area (Å²) in [5, 5.41) is 2.67. The zero-order valence-corrected chi connectivity index (χ0v) is 15.8. The molecule has 5 nitrogen and oxygen atoms in total. The molecule has 0 bridgehead atoms. The van der Waals surface area contributed by atoms with E-state index in [1.54, 1.807) is 20.8 Å². The molecule has 0 aliphatic heterocycles. The van der Waals surface area contributed by atoms with Gasteiger partial charge < -0.3 is 14.8 Å². The fourth-order valence-electron chi connectivity index (χ4n) is 2.41. The first kappa shape index (κ1) is 20.3. The van der Waals surface area contributed by atoms with Crippen LogP contribution in [0.1, 0.15) is 67.2 Å². The van der Waals surface area contributed by atoms with Crippen molar-refractivity contribution in [3.8, 4) is 12.3 Å². The summed E-state index contributed by atoms with van der Waals surface area (Å²) < 4.78 is 10.8. The van der Waals surface area contributed by atoms with Crippen molar-refractivity contribution in [2.24, 2.45) is 11.3 Å². The Balaban J connectivity index is 2.52. The Hall–Kier alpha value is -1.70. The van der Waals surface area contributed by atoms with Gasteiger partial charge in [-0.15, -0.1) is 12.3 Å². The summed E-state index contributed by atoms with van der Waals surface area (Å²) in [6.45, 7) is 11.0. The Morgan fingerprint density at radius 1 is 1.25 bits per heavy atom. The fourth-order valence-corrected chi connectivity index (χ4v) is 2.41. The van der Waals surface area contributed by atoms with Gasteiger partial charge >= 0.3 is 12.1 Å². The third-order valence-corrected chi connectivity index (χ3v) is 3.78. The summed E-state index contributed by atoms with van der Waals surface area (Å²) in [5.74, 6) is 2.55. The normalized spacial score (nSPS) is 21.4. The topological polar surface area (TPSA) is 64.6 Å². The lowest BCUT2D eigenvalue weighted by Gasteiger charge is -2.32. The van der Waals surface area contributed by atoms with Gasteiger partial charge in [0.2, 0.25) is 0 Å². The molecular formula is C19H31NO4. The van der Waals surface area contributed by atoms with E-state index in [4.69, 9.17) is 15.9 Å². The third-order valence-electron chi connectivity index (χ3n) is 3.78. The highest BCUT2D eigenvalue weighted by Crippen LogP contribution is 2.38. The molecule has 0 spiro atoms. The van der Waals surface area contributed by atoms with Crippen LogP contribution in [0.5, 0.6) is 0 Å². The molecule has 1 aliphatic carbocycles. The van der Waals surface area contributed by atoms with E-state index in [1.807, 2.05) is 20.8 Å². The van der Waals surface area contributed by atoms with Crippen LogP contribution in [0.3, 0.4) is 0 Å². The second kappa shape index (κ2) is 7.92. The van der Waals surface area contributed by atoms with Crippen LogP contribution in [-0.4, -0.2) is 29.8 Å². The van der Waals surface area contributed by atoms with Gasteiger partial charge in [0.05, 0.1) is 0 Å². The average molecular weight is 337 g/mol. The molecule has 1 rings (SSSR count). The molecule has 0 aromatic heterocycles. The van der Waals surface area contributed by atoms with Crippen LogP contribution in [0.25, 0.3) is 0 Å². The molecule has 136 valence electrons. The van der Waals surface area contributed by atoms with E-state index >= 15 is 0 Å². The SMILES string of the molecule is C#CCCCC1C[C@H]1OC(=O)N[C@H](C(=O)OC(C)(C)C)C(C)(C)C. The number of esters is 1. The number of nitrogens with one attached hydrogen (secondary N) is 1. The van der Waals surface area contributed by atoms with Gasteiger partial charge in [-0.1, -0.05) is 20.8 Å². The van der Waals surface area contributed by atoms with Crippen LogP contribution < -0.4 is 5.32 Å². The highest BCUT2D eigenvalue weighted by Gasteiger charge is 2.42. The number of amides is 1. The molecule has 1 N–H and O–H groups in total. The zero-order chi connectivity index (χ0) is 18.5. The highest BCUT2D eigenvalue weighted by atomic mass is 16.6. The molecular weight excluding hydrogens is 306 g/mol. The number of carbonyl (C=O) groups excluding carboxylic acids is 2. The number of terminal acetylenes is 1. The van der Waals surface area contributed by atoms with Crippen molar-refractivity contribution in [2.45, 2.75) is 85.0 Å². The Bertz CT molecular complexity index is 493. The van der Waals surface area contributed by atoms with Gasteiger partial charge in [0.25, 0.3) is 0 Å². The largest absolute Gasteiger partial charge is 0.458 e. The zero-order valence-electron chi connectivity index (χ0n) is 15.8. The molecule has 1 saturated carbocycles. The summed E-state index contributed by atoms with van der Waals surface area (Å²) in [7, 11) is 0. The first-order valence-corrected chi connectivity index (χ1v) is 8.57. The number of rotatable bonds is 6. The standard InChI is InChI=1S/C19H31NO4/c1-8-9-10-11-13-12-14(13)23-17(22)20-15(18(2,3)4)16(21)24-19(5,6)7/h1,13-15H,9-12H2,2-7H3,(H,20,22)/t13?,14-,15-/m1/s1. The summed E-state index contributed by atoms with van der Waals surface area (Å²) in [6.07, 6.45) is 8.13. The van der Waals surface area contributed by atoms with Crippen LogP contribution in [0.2, 0.25) is 0 Å². The van der Waals surface area contributed by atoms with Crippen LogP contribution in [0.15, 0.2) is 0 Å². The lowest BCUT2D eigenvalue weighted by Crippen LogP contribution is -2.51. The summed E-state index contributed by atoms with van der Waals surface area (Å²) in [4.78, 5) is 24.5. The predicted molar refractivity (Wildman–Crippen MR) is 93.3 cm³/mol. The Kier molecular flexibility index (Phi) is 6.71. The molecule has 0 aromatic rings. The predicted octanol–water partition coefficient (Wildman–Crippen LogP) is 3.66. The van der Waals surface area contributed by atoms with E-state index in [0.29, 0.717) is 5.92 Å². The molecule has 0 radical (unpaired) electrons. The molecule has 1 aliphatic rings. The monoisotopic (exact) mass is 337 g/mol. The smallest absolute Gasteiger partial charge is 0.408 e. The number of carbonyl (C=O) groups is 2. The molecule has 5 heteroatoms. The van der Waals surface area contributed by atoms with Gasteiger partial charge in [0, 0.05) is 6.42 Å². The summed E-state index contributed by atoms with van der Waals surface area (Å²) in [5.41, 5.74) is -1.08. The van der Waals surface area contributed by atoms with E-state index in [1.165, 1.54) is 0 Å². The van der Waals surface area contributed by atoms with Crippen molar-refractivity contribution >= 4 is 12.1 Å². The van der Waals surface area contributed by atoms with E-state index < -0.39 is 29.1 Å². The third kappa shape index (κ3) is 7.25. The molecule has 1 fully saturated rings. The van der Waals surface area contributed by atoms with Gasteiger partial charge in [-0.05, 0) is 51.4 Å². The van der Waals surface area contributed by atoms with Gasteiger partial charge in [-0.25, -0.2) is 9.59 Å². The molecule has 1 amide bonds. The Labute approximate surface area is 145 Å². The minimum absolute atomic E-state index is 0.0676. The number of hydrogen-bond donors (Lipinski definition) is 1. The lowest BCUT2D eigenvalue weighted by molar-refractivity contribution is -0.160. The minimum atomic E-state index is -0.761. The second-order valence-electron chi connectivity index (χ2n) is 8.51. The number of hydrogen-bond acceptors (Lipinski definition) is 4. The van der Waals surface area contributed by atoms with Crippen LogP contribution in [0, 0.1) is 23.7 Å². The number of unbranched alkanes of at least 4 members (excludes halogenated alkanes) is 1. The maximum atomic E-state index is 12.4. The van der Waals surface area contributed by atoms with Gasteiger partial charge in [-0.3, -0.25) is 0 Å². The maximum Gasteiger partial charge on any atom is 0.408 e. The second-order valence-corrected chi connectivity index (χ2v) is 8.51. The Morgan fingerprint density at radius 2 is 1.88 bits per heavy atom. The summed E-state index contributed by atoms with van der Waals surface area (Å²) >= 11 is 0. The van der Waals surface area contributed by atoms with E-state index in [9.17, 15) is 9.59 Å². The first-order chi connectivity index (χ1) is 10.9. The fraction of sp³-hybridized carbons (Fsp3) is 0.789. The first-order valence-electron chi connectivity index (χ1n) is 8.57. The molecule has 24 heavy (non-hydrogen) atoms. The minimum Gasteiger partial charge on any atom is -0.458 e. The van der Waals surface area contributed by atoms with Crippen molar-refractivity contribution in [1.29, 1.82) is 0 Å². The maximum absolute atomic E-state index is 12.4. The Morgan fingerprint density at radius 3 is 2.38 bits per heavy atom. The van der Waals surface area contributed by atoms with Gasteiger partial charge in [0.1, 0.15) is 17.7 Å². The molecule has 0 aromatic carbocycles. The molecule has 3 atom stereocenters. The molecule has 1 unspecified atom stereocenters. The van der Waals surface area contributed by atoms with Crippen molar-refractivity contribution in [3.05, 3.63) is 0 Å². The van der Waals surface area contributed by atoms with E-state index in [2.05, 4.69) is 11.2 Å². The van der Waals surface area contributed by atoms with E-state index in [0.717, 1.165) is 25.7 Å². The molecule has 0 heterocycles. The van der Waals surface area contributed by atoms with E-state index in [-0.39, 0.29) is 6.10 Å². The van der Waals surface area contributed by atoms with Crippen molar-refractivity contribution < 1.29 is 19.1 Å². The lowest BCUT2D eigenvalue weighted by atomic mass is 9.86. The number of alkyl carbamates (subject to hydrolysis) is 1. The summed E-state index contributed by atoms with van der Waals surface area (Å²) in [6, 6.07) is -0.761. The van der Waals surface area contributed by atoms with Crippen LogP contribution in [-0.2, 0) is 14.3 Å². The van der Waals surface area contributed by atoms with Crippen molar-refractivity contribution in [1.82, 2.24) is 5.32 Å². The van der Waals surface area contributed by atoms with Crippen molar-refractivity contribution in [3.63, 3.8) is 0 Å².